The van der Waals surface area contributed by atoms with Gasteiger partial charge in [-0.2, -0.15) is 0 Å². The molecular formula is C21H20BrFN2O3. The molecule has 3 amide bonds. The van der Waals surface area contributed by atoms with E-state index in [4.69, 9.17) is 0 Å². The SMILES string of the molecule is CC1(CCc2ccc(F)cc2)NC(=O)N(CC(=O)Cc2ccc(Br)cc2)C1=O. The summed E-state index contributed by atoms with van der Waals surface area (Å²) in [5.74, 6) is -0.951. The third kappa shape index (κ3) is 4.65. The maximum atomic E-state index is 13.0. The highest BCUT2D eigenvalue weighted by Crippen LogP contribution is 2.23. The van der Waals surface area contributed by atoms with Gasteiger partial charge in [0.2, 0.25) is 0 Å². The molecule has 2 aromatic rings. The van der Waals surface area contributed by atoms with Crippen molar-refractivity contribution in [1.29, 1.82) is 0 Å². The highest BCUT2D eigenvalue weighted by atomic mass is 79.9. The van der Waals surface area contributed by atoms with Crippen molar-refractivity contribution in [2.75, 3.05) is 6.54 Å². The molecule has 1 aliphatic heterocycles. The standard InChI is InChI=1S/C21H20BrFN2O3/c1-21(11-10-14-4-8-17(23)9-5-14)19(27)25(20(28)24-21)13-18(26)12-15-2-6-16(22)7-3-15/h2-9H,10-13H2,1H3,(H,24,28). The van der Waals surface area contributed by atoms with Crippen LogP contribution in [-0.4, -0.2) is 34.7 Å². The third-order valence-electron chi connectivity index (χ3n) is 4.82. The zero-order chi connectivity index (χ0) is 20.3. The van der Waals surface area contributed by atoms with Crippen LogP contribution in [0.4, 0.5) is 9.18 Å². The molecule has 1 atom stereocenters. The molecule has 0 aliphatic carbocycles. The Labute approximate surface area is 171 Å². The van der Waals surface area contributed by atoms with Gasteiger partial charge in [0.1, 0.15) is 11.4 Å². The number of nitrogens with one attached hydrogen (secondary N) is 1. The van der Waals surface area contributed by atoms with E-state index in [2.05, 4.69) is 21.2 Å². The number of urea groups is 1. The van der Waals surface area contributed by atoms with Crippen LogP contribution < -0.4 is 5.32 Å². The van der Waals surface area contributed by atoms with E-state index in [0.29, 0.717) is 12.8 Å². The van der Waals surface area contributed by atoms with Gasteiger partial charge < -0.3 is 5.32 Å². The highest BCUT2D eigenvalue weighted by molar-refractivity contribution is 9.10. The van der Waals surface area contributed by atoms with E-state index >= 15 is 0 Å². The number of amides is 3. The normalized spacial score (nSPS) is 19.0. The molecule has 1 heterocycles. The second-order valence-electron chi connectivity index (χ2n) is 7.12. The van der Waals surface area contributed by atoms with Crippen molar-refractivity contribution >= 4 is 33.7 Å². The van der Waals surface area contributed by atoms with Crippen molar-refractivity contribution < 1.29 is 18.8 Å². The summed E-state index contributed by atoms with van der Waals surface area (Å²) in [5.41, 5.74) is 0.609. The van der Waals surface area contributed by atoms with Crippen molar-refractivity contribution in [2.24, 2.45) is 0 Å². The molecule has 2 aromatic carbocycles. The molecule has 5 nitrogen and oxygen atoms in total. The smallest absolute Gasteiger partial charge is 0.323 e. The molecule has 1 N–H and O–H groups in total. The van der Waals surface area contributed by atoms with Crippen molar-refractivity contribution in [3.8, 4) is 0 Å². The molecule has 1 aliphatic rings. The number of Topliss-reactive ketones (excluding diaryl/α,β-unsaturated/α-hetero) is 1. The van der Waals surface area contributed by atoms with Gasteiger partial charge in [-0.3, -0.25) is 14.5 Å². The lowest BCUT2D eigenvalue weighted by Crippen LogP contribution is -2.44. The minimum atomic E-state index is -1.08. The second kappa shape index (κ2) is 8.22. The van der Waals surface area contributed by atoms with Crippen LogP contribution in [0.15, 0.2) is 53.0 Å². The lowest BCUT2D eigenvalue weighted by atomic mass is 9.93. The number of hydrogen-bond donors (Lipinski definition) is 1. The maximum Gasteiger partial charge on any atom is 0.325 e. The van der Waals surface area contributed by atoms with E-state index in [1.807, 2.05) is 24.3 Å². The van der Waals surface area contributed by atoms with Crippen molar-refractivity contribution in [3.05, 3.63) is 69.9 Å². The highest BCUT2D eigenvalue weighted by Gasteiger charge is 2.47. The molecule has 0 spiro atoms. The van der Waals surface area contributed by atoms with Gasteiger partial charge in [0, 0.05) is 10.9 Å². The zero-order valence-electron chi connectivity index (χ0n) is 15.4. The lowest BCUT2D eigenvalue weighted by Gasteiger charge is -2.21. The molecule has 0 aromatic heterocycles. The molecule has 7 heteroatoms. The number of imide groups is 1. The van der Waals surface area contributed by atoms with Crippen LogP contribution in [0.2, 0.25) is 0 Å². The Morgan fingerprint density at radius 2 is 1.68 bits per heavy atom. The van der Waals surface area contributed by atoms with Crippen LogP contribution in [0.5, 0.6) is 0 Å². The number of nitrogens with zero attached hydrogens (tertiary/aromatic N) is 1. The van der Waals surface area contributed by atoms with Crippen molar-refractivity contribution in [3.63, 3.8) is 0 Å². The monoisotopic (exact) mass is 446 g/mol. The van der Waals surface area contributed by atoms with Crippen molar-refractivity contribution in [1.82, 2.24) is 10.2 Å². The summed E-state index contributed by atoms with van der Waals surface area (Å²) < 4.78 is 13.9. The number of carbonyl (C=O) groups is 3. The number of aryl methyl sites for hydroxylation is 1. The Morgan fingerprint density at radius 1 is 1.07 bits per heavy atom. The summed E-state index contributed by atoms with van der Waals surface area (Å²) in [4.78, 5) is 38.4. The van der Waals surface area contributed by atoms with Crippen molar-refractivity contribution in [2.45, 2.75) is 31.7 Å². The fourth-order valence-corrected chi connectivity index (χ4v) is 3.43. The quantitative estimate of drug-likeness (QED) is 0.660. The van der Waals surface area contributed by atoms with Gasteiger partial charge in [-0.05, 0) is 55.2 Å². The first kappa shape index (κ1) is 20.2. The molecule has 1 saturated heterocycles. The van der Waals surface area contributed by atoms with E-state index in [0.717, 1.165) is 20.5 Å². The van der Waals surface area contributed by atoms with Gasteiger partial charge >= 0.3 is 6.03 Å². The topological polar surface area (TPSA) is 66.5 Å². The van der Waals surface area contributed by atoms with E-state index in [1.165, 1.54) is 12.1 Å². The molecule has 0 radical (unpaired) electrons. The van der Waals surface area contributed by atoms with Gasteiger partial charge in [-0.1, -0.05) is 40.2 Å². The average molecular weight is 447 g/mol. The second-order valence-corrected chi connectivity index (χ2v) is 8.04. The fourth-order valence-electron chi connectivity index (χ4n) is 3.17. The van der Waals surface area contributed by atoms with Crippen LogP contribution in [0, 0.1) is 5.82 Å². The number of halogens is 2. The number of carbonyl (C=O) groups excluding carboxylic acids is 3. The zero-order valence-corrected chi connectivity index (χ0v) is 17.0. The van der Waals surface area contributed by atoms with E-state index in [1.54, 1.807) is 19.1 Å². The molecule has 146 valence electrons. The number of ketones is 1. The van der Waals surface area contributed by atoms with E-state index < -0.39 is 17.5 Å². The summed E-state index contributed by atoms with van der Waals surface area (Å²) in [6, 6.07) is 12.8. The molecule has 3 rings (SSSR count). The van der Waals surface area contributed by atoms with E-state index in [9.17, 15) is 18.8 Å². The summed E-state index contributed by atoms with van der Waals surface area (Å²) >= 11 is 3.34. The molecule has 0 saturated carbocycles. The van der Waals surface area contributed by atoms with Crippen LogP contribution in [0.25, 0.3) is 0 Å². The van der Waals surface area contributed by atoms with Crippen LogP contribution in [-0.2, 0) is 22.4 Å². The van der Waals surface area contributed by atoms with Crippen LogP contribution >= 0.6 is 15.9 Å². The Bertz CT molecular complexity index is 899. The minimum absolute atomic E-state index is 0.149. The molecule has 1 fully saturated rings. The first-order valence-corrected chi connectivity index (χ1v) is 9.71. The van der Waals surface area contributed by atoms with Crippen LogP contribution in [0.3, 0.4) is 0 Å². The Hall–Kier alpha value is -2.54. The Morgan fingerprint density at radius 3 is 2.32 bits per heavy atom. The van der Waals surface area contributed by atoms with Gasteiger partial charge in [-0.15, -0.1) is 0 Å². The van der Waals surface area contributed by atoms with Gasteiger partial charge in [0.15, 0.2) is 5.78 Å². The molecule has 0 bridgehead atoms. The minimum Gasteiger partial charge on any atom is -0.323 e. The number of hydrogen-bond acceptors (Lipinski definition) is 3. The maximum absolute atomic E-state index is 13.0. The van der Waals surface area contributed by atoms with Gasteiger partial charge in [0.25, 0.3) is 5.91 Å². The summed E-state index contributed by atoms with van der Waals surface area (Å²) in [5, 5.41) is 2.69. The van der Waals surface area contributed by atoms with Gasteiger partial charge in [-0.25, -0.2) is 9.18 Å². The predicted molar refractivity (Wildman–Crippen MR) is 106 cm³/mol. The Kier molecular flexibility index (Phi) is 5.93. The summed E-state index contributed by atoms with van der Waals surface area (Å²) in [6.07, 6.45) is 1.01. The molecule has 28 heavy (non-hydrogen) atoms. The molecule has 1 unspecified atom stereocenters. The number of benzene rings is 2. The first-order chi connectivity index (χ1) is 13.3. The largest absolute Gasteiger partial charge is 0.325 e. The third-order valence-corrected chi connectivity index (χ3v) is 5.35. The van der Waals surface area contributed by atoms with Gasteiger partial charge in [0.05, 0.1) is 6.54 Å². The molecular weight excluding hydrogens is 427 g/mol. The fraction of sp³-hybridized carbons (Fsp3) is 0.286. The van der Waals surface area contributed by atoms with E-state index in [-0.39, 0.29) is 24.6 Å². The average Bonchev–Trinajstić information content (AvgIpc) is 2.87. The summed E-state index contributed by atoms with van der Waals surface area (Å²) in [7, 11) is 0. The number of rotatable bonds is 7. The first-order valence-electron chi connectivity index (χ1n) is 8.91. The predicted octanol–water partition coefficient (Wildman–Crippen LogP) is 3.64. The lowest BCUT2D eigenvalue weighted by molar-refractivity contribution is -0.134. The summed E-state index contributed by atoms with van der Waals surface area (Å²) in [6.45, 7) is 1.39. The Balaban J connectivity index is 1.60. The van der Waals surface area contributed by atoms with Crippen LogP contribution in [0.1, 0.15) is 24.5 Å².